The minimum atomic E-state index is -1.10. The monoisotopic (exact) mass is 697 g/mol. The van der Waals surface area contributed by atoms with Crippen LogP contribution >= 0.6 is 12.6 Å². The SMILES string of the molecule is CCCCCCCCN(C(=O)C(CS)NC(=O)OC(C)(C)C)C(C(=O)NC(Cc1ccccc1)C(=O)OC(C)(C)C)c1c(C)cccc1C. The first-order valence-corrected chi connectivity index (χ1v) is 18.1. The molecule has 49 heavy (non-hydrogen) atoms. The minimum Gasteiger partial charge on any atom is -0.458 e. The lowest BCUT2D eigenvalue weighted by molar-refractivity contribution is -0.159. The second-order valence-electron chi connectivity index (χ2n) is 14.7. The first-order valence-electron chi connectivity index (χ1n) is 17.5. The van der Waals surface area contributed by atoms with Crippen molar-refractivity contribution in [2.24, 2.45) is 0 Å². The smallest absolute Gasteiger partial charge is 0.408 e. The van der Waals surface area contributed by atoms with E-state index >= 15 is 0 Å². The van der Waals surface area contributed by atoms with Gasteiger partial charge in [0.2, 0.25) is 11.8 Å². The number of carbonyl (C=O) groups is 4. The molecular formula is C39H59N3O6S. The molecule has 272 valence electrons. The lowest BCUT2D eigenvalue weighted by Crippen LogP contribution is -2.56. The maximum atomic E-state index is 14.7. The Morgan fingerprint density at radius 3 is 1.88 bits per heavy atom. The van der Waals surface area contributed by atoms with Gasteiger partial charge in [0, 0.05) is 18.7 Å². The van der Waals surface area contributed by atoms with Crippen LogP contribution in [-0.2, 0) is 30.3 Å². The summed E-state index contributed by atoms with van der Waals surface area (Å²) in [5.41, 5.74) is 1.59. The van der Waals surface area contributed by atoms with Gasteiger partial charge in [0.05, 0.1) is 0 Å². The number of aryl methyl sites for hydroxylation is 2. The second kappa shape index (κ2) is 19.6. The summed E-state index contributed by atoms with van der Waals surface area (Å²) in [5, 5.41) is 5.66. The number of esters is 1. The lowest BCUT2D eigenvalue weighted by atomic mass is 9.93. The highest BCUT2D eigenvalue weighted by atomic mass is 32.1. The van der Waals surface area contributed by atoms with Crippen LogP contribution in [0, 0.1) is 13.8 Å². The zero-order valence-corrected chi connectivity index (χ0v) is 32.0. The van der Waals surface area contributed by atoms with Crippen molar-refractivity contribution in [3.63, 3.8) is 0 Å². The highest BCUT2D eigenvalue weighted by molar-refractivity contribution is 7.80. The van der Waals surface area contributed by atoms with Gasteiger partial charge in [0.15, 0.2) is 0 Å². The summed E-state index contributed by atoms with van der Waals surface area (Å²) in [6, 6.07) is 11.9. The van der Waals surface area contributed by atoms with Crippen LogP contribution in [0.15, 0.2) is 48.5 Å². The molecule has 0 saturated heterocycles. The molecule has 0 aliphatic carbocycles. The van der Waals surface area contributed by atoms with E-state index in [1.807, 2.05) is 62.4 Å². The maximum Gasteiger partial charge on any atom is 0.408 e. The average Bonchev–Trinajstić information content (AvgIpc) is 3.00. The van der Waals surface area contributed by atoms with Crippen molar-refractivity contribution in [2.45, 2.75) is 137 Å². The van der Waals surface area contributed by atoms with Gasteiger partial charge in [0.25, 0.3) is 0 Å². The molecule has 0 aliphatic rings. The van der Waals surface area contributed by atoms with Gasteiger partial charge < -0.3 is 25.0 Å². The van der Waals surface area contributed by atoms with E-state index in [1.54, 1.807) is 41.5 Å². The van der Waals surface area contributed by atoms with Crippen molar-refractivity contribution in [1.29, 1.82) is 0 Å². The summed E-state index contributed by atoms with van der Waals surface area (Å²) in [7, 11) is 0. The summed E-state index contributed by atoms with van der Waals surface area (Å²) < 4.78 is 11.2. The van der Waals surface area contributed by atoms with Crippen molar-refractivity contribution in [3.8, 4) is 0 Å². The van der Waals surface area contributed by atoms with Gasteiger partial charge >= 0.3 is 12.1 Å². The molecule has 0 bridgehead atoms. The Morgan fingerprint density at radius 1 is 0.755 bits per heavy atom. The Labute approximate surface area is 299 Å². The third kappa shape index (κ3) is 14.5. The van der Waals surface area contributed by atoms with E-state index in [0.29, 0.717) is 12.0 Å². The molecule has 10 heteroatoms. The fraction of sp³-hybridized carbons (Fsp3) is 0.590. The number of hydrogen-bond donors (Lipinski definition) is 3. The van der Waals surface area contributed by atoms with E-state index in [9.17, 15) is 19.2 Å². The lowest BCUT2D eigenvalue weighted by Gasteiger charge is -2.36. The molecule has 3 atom stereocenters. The molecule has 2 N–H and O–H groups in total. The van der Waals surface area contributed by atoms with E-state index in [1.165, 1.54) is 4.90 Å². The van der Waals surface area contributed by atoms with Crippen LogP contribution in [0.3, 0.4) is 0 Å². The topological polar surface area (TPSA) is 114 Å². The van der Waals surface area contributed by atoms with Crippen LogP contribution in [0.25, 0.3) is 0 Å². The Morgan fingerprint density at radius 2 is 1.33 bits per heavy atom. The largest absolute Gasteiger partial charge is 0.458 e. The predicted octanol–water partition coefficient (Wildman–Crippen LogP) is 7.43. The Bertz CT molecular complexity index is 1350. The van der Waals surface area contributed by atoms with Gasteiger partial charge in [-0.3, -0.25) is 9.59 Å². The fourth-order valence-corrected chi connectivity index (χ4v) is 5.87. The number of nitrogens with one attached hydrogen (secondary N) is 2. The zero-order chi connectivity index (χ0) is 36.8. The summed E-state index contributed by atoms with van der Waals surface area (Å²) in [6.45, 7) is 16.8. The number of unbranched alkanes of at least 4 members (excludes halogenated alkanes) is 5. The highest BCUT2D eigenvalue weighted by Crippen LogP contribution is 2.30. The number of rotatable bonds is 17. The number of thiol groups is 1. The molecule has 0 saturated carbocycles. The van der Waals surface area contributed by atoms with E-state index in [4.69, 9.17) is 9.47 Å². The molecule has 9 nitrogen and oxygen atoms in total. The zero-order valence-electron chi connectivity index (χ0n) is 31.1. The second-order valence-corrected chi connectivity index (χ2v) is 15.0. The normalized spacial score (nSPS) is 13.5. The molecule has 3 unspecified atom stereocenters. The first-order chi connectivity index (χ1) is 23.0. The number of carbonyl (C=O) groups excluding carboxylic acids is 4. The molecule has 2 aromatic carbocycles. The number of ether oxygens (including phenoxy) is 2. The number of alkyl carbamates (subject to hydrolysis) is 1. The van der Waals surface area contributed by atoms with E-state index in [2.05, 4.69) is 30.2 Å². The first kappa shape index (κ1) is 41.6. The fourth-order valence-electron chi connectivity index (χ4n) is 5.62. The number of nitrogens with zero attached hydrogens (tertiary/aromatic N) is 1. The third-order valence-electron chi connectivity index (χ3n) is 7.87. The van der Waals surface area contributed by atoms with E-state index < -0.39 is 53.2 Å². The van der Waals surface area contributed by atoms with Crippen molar-refractivity contribution < 1.29 is 28.7 Å². The van der Waals surface area contributed by atoms with Crippen molar-refractivity contribution in [3.05, 3.63) is 70.8 Å². The Kier molecular flexibility index (Phi) is 16.7. The van der Waals surface area contributed by atoms with Crippen LogP contribution in [0.5, 0.6) is 0 Å². The Balaban J connectivity index is 2.63. The van der Waals surface area contributed by atoms with Crippen LogP contribution in [0.1, 0.15) is 115 Å². The molecule has 0 heterocycles. The molecule has 0 spiro atoms. The molecule has 2 rings (SSSR count). The van der Waals surface area contributed by atoms with Crippen LogP contribution in [0.2, 0.25) is 0 Å². The molecular weight excluding hydrogens is 639 g/mol. The number of benzene rings is 2. The van der Waals surface area contributed by atoms with Crippen LogP contribution in [0.4, 0.5) is 4.79 Å². The molecule has 0 aliphatic heterocycles. The summed E-state index contributed by atoms with van der Waals surface area (Å²) in [6.07, 6.45) is 5.29. The van der Waals surface area contributed by atoms with E-state index in [0.717, 1.165) is 48.8 Å². The van der Waals surface area contributed by atoms with E-state index in [-0.39, 0.29) is 18.7 Å². The van der Waals surface area contributed by atoms with Crippen molar-refractivity contribution >= 4 is 36.5 Å². The summed E-state index contributed by atoms with van der Waals surface area (Å²) in [5.74, 6) is -1.56. The minimum absolute atomic E-state index is 0.0132. The van der Waals surface area contributed by atoms with Gasteiger partial charge in [-0.1, -0.05) is 87.6 Å². The van der Waals surface area contributed by atoms with Crippen LogP contribution < -0.4 is 10.6 Å². The van der Waals surface area contributed by atoms with Gasteiger partial charge in [-0.15, -0.1) is 0 Å². The molecule has 0 radical (unpaired) electrons. The van der Waals surface area contributed by atoms with Crippen molar-refractivity contribution in [2.75, 3.05) is 12.3 Å². The number of hydrogen-bond acceptors (Lipinski definition) is 7. The predicted molar refractivity (Wildman–Crippen MR) is 199 cm³/mol. The number of amides is 3. The van der Waals surface area contributed by atoms with Gasteiger partial charge in [-0.2, -0.15) is 12.6 Å². The summed E-state index contributed by atoms with van der Waals surface area (Å²) >= 11 is 4.43. The van der Waals surface area contributed by atoms with Gasteiger partial charge in [-0.25, -0.2) is 9.59 Å². The van der Waals surface area contributed by atoms with Gasteiger partial charge in [-0.05, 0) is 84.1 Å². The van der Waals surface area contributed by atoms with Crippen LogP contribution in [-0.4, -0.2) is 64.4 Å². The Hall–Kier alpha value is -3.53. The molecule has 0 fully saturated rings. The maximum absolute atomic E-state index is 14.7. The standard InChI is InChI=1S/C39H59N3O6S/c1-10-11-12-13-14-18-24-42(35(44)31(26-49)41-37(46)48-39(7,8)9)33(32-27(2)20-19-21-28(32)3)34(43)40-30(36(45)47-38(4,5)6)25-29-22-16-15-17-23-29/h15-17,19-23,30-31,33,49H,10-14,18,24-26H2,1-9H3,(H,40,43)(H,41,46). The quantitative estimate of drug-likeness (QED) is 0.0901. The highest BCUT2D eigenvalue weighted by Gasteiger charge is 2.39. The van der Waals surface area contributed by atoms with Gasteiger partial charge in [0.1, 0.15) is 29.3 Å². The molecule has 2 aromatic rings. The molecule has 0 aromatic heterocycles. The third-order valence-corrected chi connectivity index (χ3v) is 8.24. The molecule has 3 amide bonds. The summed E-state index contributed by atoms with van der Waals surface area (Å²) in [4.78, 5) is 57.2. The van der Waals surface area contributed by atoms with Crippen molar-refractivity contribution in [1.82, 2.24) is 15.5 Å². The average molecular weight is 698 g/mol.